The molecule has 2 aliphatic rings. The second-order valence-electron chi connectivity index (χ2n) is 7.60. The maximum atomic E-state index is 12.3. The van der Waals surface area contributed by atoms with E-state index in [4.69, 9.17) is 0 Å². The molecule has 138 valence electrons. The molecule has 0 N–H and O–H groups in total. The zero-order chi connectivity index (χ0) is 17.9. The molecule has 5 nitrogen and oxygen atoms in total. The predicted octanol–water partition coefficient (Wildman–Crippen LogP) is 2.76. The van der Waals surface area contributed by atoms with Gasteiger partial charge >= 0.3 is 0 Å². The fourth-order valence-corrected chi connectivity index (χ4v) is 4.17. The highest BCUT2D eigenvalue weighted by Gasteiger charge is 2.26. The lowest BCUT2D eigenvalue weighted by molar-refractivity contribution is -0.131. The van der Waals surface area contributed by atoms with Crippen LogP contribution in [0.25, 0.3) is 10.8 Å². The van der Waals surface area contributed by atoms with Gasteiger partial charge in [0, 0.05) is 50.9 Å². The van der Waals surface area contributed by atoms with Crippen molar-refractivity contribution in [3.05, 3.63) is 36.5 Å². The zero-order valence-electron chi connectivity index (χ0n) is 15.6. The summed E-state index contributed by atoms with van der Waals surface area (Å²) in [6.07, 6.45) is 6.45. The second-order valence-corrected chi connectivity index (χ2v) is 7.60. The van der Waals surface area contributed by atoms with Crippen molar-refractivity contribution in [2.24, 2.45) is 0 Å². The number of hydrogen-bond acceptors (Lipinski definition) is 4. The van der Waals surface area contributed by atoms with Gasteiger partial charge in [-0.3, -0.25) is 9.69 Å². The quantitative estimate of drug-likeness (QED) is 0.848. The molecule has 1 aromatic heterocycles. The van der Waals surface area contributed by atoms with E-state index in [1.807, 2.05) is 17.2 Å². The van der Waals surface area contributed by atoms with Crippen LogP contribution in [0.15, 0.2) is 36.5 Å². The predicted molar refractivity (Wildman–Crippen MR) is 105 cm³/mol. The minimum absolute atomic E-state index is 0.311. The van der Waals surface area contributed by atoms with Crippen LogP contribution in [-0.2, 0) is 4.79 Å². The van der Waals surface area contributed by atoms with Crippen LogP contribution in [-0.4, -0.2) is 66.5 Å². The van der Waals surface area contributed by atoms with E-state index < -0.39 is 0 Å². The van der Waals surface area contributed by atoms with E-state index in [1.54, 1.807) is 0 Å². The molecule has 3 heterocycles. The number of carbonyl (C=O) groups excluding carboxylic acids is 1. The number of amides is 1. The van der Waals surface area contributed by atoms with Gasteiger partial charge in [-0.05, 0) is 37.1 Å². The van der Waals surface area contributed by atoms with Gasteiger partial charge < -0.3 is 9.80 Å². The van der Waals surface area contributed by atoms with Crippen molar-refractivity contribution in [1.29, 1.82) is 0 Å². The number of piperidine rings is 1. The van der Waals surface area contributed by atoms with Crippen LogP contribution in [0.2, 0.25) is 0 Å². The Hall–Kier alpha value is -2.14. The van der Waals surface area contributed by atoms with E-state index in [-0.39, 0.29) is 0 Å². The number of nitrogens with zero attached hydrogens (tertiary/aromatic N) is 4. The van der Waals surface area contributed by atoms with Crippen LogP contribution in [0.1, 0.15) is 25.7 Å². The fraction of sp³-hybridized carbons (Fsp3) is 0.524. The minimum Gasteiger partial charge on any atom is -0.357 e. The smallest absolute Gasteiger partial charge is 0.236 e. The maximum Gasteiger partial charge on any atom is 0.236 e. The third-order valence-electron chi connectivity index (χ3n) is 5.90. The molecule has 1 aromatic carbocycles. The summed E-state index contributed by atoms with van der Waals surface area (Å²) in [5.74, 6) is 1.35. The van der Waals surface area contributed by atoms with Crippen LogP contribution in [0, 0.1) is 0 Å². The molecule has 0 atom stereocenters. The summed E-state index contributed by atoms with van der Waals surface area (Å²) in [7, 11) is 2.15. The number of rotatable bonds is 4. The summed E-state index contributed by atoms with van der Waals surface area (Å²) >= 11 is 0. The molecule has 4 rings (SSSR count). The van der Waals surface area contributed by atoms with Crippen LogP contribution >= 0.6 is 0 Å². The molecule has 26 heavy (non-hydrogen) atoms. The number of pyridine rings is 1. The molecule has 2 fully saturated rings. The molecule has 5 heteroatoms. The van der Waals surface area contributed by atoms with Crippen molar-refractivity contribution in [2.75, 3.05) is 44.7 Å². The first-order valence-electron chi connectivity index (χ1n) is 9.78. The van der Waals surface area contributed by atoms with Crippen LogP contribution in [0.4, 0.5) is 5.82 Å². The van der Waals surface area contributed by atoms with Gasteiger partial charge in [-0.1, -0.05) is 24.3 Å². The number of aromatic nitrogens is 1. The summed E-state index contributed by atoms with van der Waals surface area (Å²) in [6.45, 7) is 4.46. The molecule has 1 amide bonds. The number of benzene rings is 1. The van der Waals surface area contributed by atoms with Gasteiger partial charge in [0.1, 0.15) is 5.82 Å². The third kappa shape index (κ3) is 3.68. The van der Waals surface area contributed by atoms with Gasteiger partial charge in [-0.25, -0.2) is 4.98 Å². The average molecular weight is 352 g/mol. The van der Waals surface area contributed by atoms with Crippen LogP contribution < -0.4 is 4.90 Å². The van der Waals surface area contributed by atoms with E-state index in [1.165, 1.54) is 10.8 Å². The number of anilines is 1. The lowest BCUT2D eigenvalue weighted by atomic mass is 10.0. The zero-order valence-corrected chi connectivity index (χ0v) is 15.6. The topological polar surface area (TPSA) is 39.7 Å². The maximum absolute atomic E-state index is 12.3. The second kappa shape index (κ2) is 7.62. The molecule has 0 unspecified atom stereocenters. The molecular weight excluding hydrogens is 324 g/mol. The SMILES string of the molecule is CN(c1cc2ccccc2cn1)C1CCN(CC(=O)N2CCCC2)CC1. The lowest BCUT2D eigenvalue weighted by Crippen LogP contribution is -2.47. The fourth-order valence-electron chi connectivity index (χ4n) is 4.17. The van der Waals surface area contributed by atoms with Gasteiger partial charge in [0.05, 0.1) is 6.54 Å². The van der Waals surface area contributed by atoms with Crippen LogP contribution in [0.5, 0.6) is 0 Å². The van der Waals surface area contributed by atoms with Gasteiger partial charge in [0.15, 0.2) is 0 Å². The monoisotopic (exact) mass is 352 g/mol. The van der Waals surface area contributed by atoms with Gasteiger partial charge in [0.25, 0.3) is 0 Å². The van der Waals surface area contributed by atoms with E-state index >= 15 is 0 Å². The Kier molecular flexibility index (Phi) is 5.07. The summed E-state index contributed by atoms with van der Waals surface area (Å²) < 4.78 is 0. The molecule has 0 radical (unpaired) electrons. The molecule has 2 aromatic rings. The highest BCUT2D eigenvalue weighted by atomic mass is 16.2. The third-order valence-corrected chi connectivity index (χ3v) is 5.90. The first-order valence-corrected chi connectivity index (χ1v) is 9.78. The van der Waals surface area contributed by atoms with E-state index in [0.29, 0.717) is 18.5 Å². The molecule has 0 aliphatic carbocycles. The van der Waals surface area contributed by atoms with Crippen molar-refractivity contribution < 1.29 is 4.79 Å². The number of hydrogen-bond donors (Lipinski definition) is 0. The lowest BCUT2D eigenvalue weighted by Gasteiger charge is -2.37. The number of carbonyl (C=O) groups is 1. The van der Waals surface area contributed by atoms with Crippen molar-refractivity contribution in [3.63, 3.8) is 0 Å². The van der Waals surface area contributed by atoms with Crippen molar-refractivity contribution in [2.45, 2.75) is 31.7 Å². The average Bonchev–Trinajstić information content (AvgIpc) is 3.23. The molecular formula is C21H28N4O. The van der Waals surface area contributed by atoms with E-state index in [9.17, 15) is 4.79 Å². The Morgan fingerprint density at radius 1 is 1.12 bits per heavy atom. The van der Waals surface area contributed by atoms with E-state index in [0.717, 1.165) is 57.7 Å². The first-order chi connectivity index (χ1) is 12.7. The van der Waals surface area contributed by atoms with Gasteiger partial charge in [-0.15, -0.1) is 0 Å². The minimum atomic E-state index is 0.311. The Labute approximate surface area is 155 Å². The number of likely N-dealkylation sites (tertiary alicyclic amines) is 2. The Bertz CT molecular complexity index is 763. The van der Waals surface area contributed by atoms with Crippen LogP contribution in [0.3, 0.4) is 0 Å². The van der Waals surface area contributed by atoms with Crippen molar-refractivity contribution >= 4 is 22.5 Å². The summed E-state index contributed by atoms with van der Waals surface area (Å²) in [4.78, 5) is 23.6. The molecule has 0 saturated carbocycles. The summed E-state index contributed by atoms with van der Waals surface area (Å²) in [5, 5.41) is 2.41. The highest BCUT2D eigenvalue weighted by Crippen LogP contribution is 2.24. The largest absolute Gasteiger partial charge is 0.357 e. The van der Waals surface area contributed by atoms with E-state index in [2.05, 4.69) is 46.1 Å². The van der Waals surface area contributed by atoms with Crippen molar-refractivity contribution in [3.8, 4) is 0 Å². The van der Waals surface area contributed by atoms with Crippen molar-refractivity contribution in [1.82, 2.24) is 14.8 Å². The van der Waals surface area contributed by atoms with Gasteiger partial charge in [0.2, 0.25) is 5.91 Å². The highest BCUT2D eigenvalue weighted by molar-refractivity contribution is 5.84. The normalized spacial score (nSPS) is 19.2. The molecule has 2 aliphatic heterocycles. The molecule has 0 spiro atoms. The molecule has 0 bridgehead atoms. The molecule has 2 saturated heterocycles. The standard InChI is InChI=1S/C21H28N4O/c1-23(20-14-17-6-2-3-7-18(17)15-22-20)19-8-12-24(13-9-19)16-21(26)25-10-4-5-11-25/h2-3,6-7,14-15,19H,4-5,8-13,16H2,1H3. The summed E-state index contributed by atoms with van der Waals surface area (Å²) in [5.41, 5.74) is 0. The van der Waals surface area contributed by atoms with Gasteiger partial charge in [-0.2, -0.15) is 0 Å². The Morgan fingerprint density at radius 3 is 2.54 bits per heavy atom. The first kappa shape index (κ1) is 17.3. The Balaban J connectivity index is 1.33. The summed E-state index contributed by atoms with van der Waals surface area (Å²) in [6, 6.07) is 11.0. The number of fused-ring (bicyclic) bond motifs is 1. The Morgan fingerprint density at radius 2 is 1.81 bits per heavy atom.